The van der Waals surface area contributed by atoms with Crippen LogP contribution in [0.4, 0.5) is 0 Å². The summed E-state index contributed by atoms with van der Waals surface area (Å²) in [6, 6.07) is 7.87. The van der Waals surface area contributed by atoms with Crippen molar-refractivity contribution in [1.29, 1.82) is 0 Å². The Bertz CT molecular complexity index is 406. The van der Waals surface area contributed by atoms with E-state index in [1.807, 2.05) is 24.3 Å². The molecule has 1 aromatic rings. The summed E-state index contributed by atoms with van der Waals surface area (Å²) in [4.78, 5) is 12.3. The quantitative estimate of drug-likeness (QED) is 0.804. The fraction of sp³-hybridized carbons (Fsp3) is 0.562. The van der Waals surface area contributed by atoms with Crippen LogP contribution < -0.4 is 5.32 Å². The molecule has 1 N–H and O–H groups in total. The molecule has 0 aliphatic rings. The Kier molecular flexibility index (Phi) is 6.05. The summed E-state index contributed by atoms with van der Waals surface area (Å²) in [5.41, 5.74) is 2.09. The molecule has 0 saturated heterocycles. The van der Waals surface area contributed by atoms with Crippen molar-refractivity contribution in [3.63, 3.8) is 0 Å². The van der Waals surface area contributed by atoms with Crippen molar-refractivity contribution >= 4 is 21.8 Å². The highest BCUT2D eigenvalue weighted by Gasteiger charge is 2.14. The Balaban J connectivity index is 2.59. The van der Waals surface area contributed by atoms with Gasteiger partial charge in [0.2, 0.25) is 0 Å². The molecular weight excluding hydrogens is 302 g/mol. The average Bonchev–Trinajstić information content (AvgIpc) is 2.35. The summed E-state index contributed by atoms with van der Waals surface area (Å²) in [5, 5.41) is 2.96. The van der Waals surface area contributed by atoms with Gasteiger partial charge in [0.05, 0.1) is 0 Å². The Morgan fingerprint density at radius 3 is 2.32 bits per heavy atom. The first-order valence-corrected chi connectivity index (χ1v) is 7.79. The van der Waals surface area contributed by atoms with Gasteiger partial charge in [0.25, 0.3) is 5.91 Å². The van der Waals surface area contributed by atoms with Gasteiger partial charge in [0, 0.05) is 16.9 Å². The van der Waals surface area contributed by atoms with E-state index in [0.717, 1.165) is 18.4 Å². The zero-order valence-corrected chi connectivity index (χ0v) is 13.9. The number of rotatable bonds is 5. The average molecular weight is 326 g/mol. The highest BCUT2D eigenvalue weighted by molar-refractivity contribution is 9.09. The molecule has 0 heterocycles. The molecule has 106 valence electrons. The number of alkyl halides is 1. The number of amides is 1. The van der Waals surface area contributed by atoms with Crippen LogP contribution in [-0.2, 0) is 5.41 Å². The third-order valence-corrected chi connectivity index (χ3v) is 3.88. The Labute approximate surface area is 125 Å². The second-order valence-electron chi connectivity index (χ2n) is 5.92. The first-order valence-electron chi connectivity index (χ1n) is 6.87. The molecule has 1 unspecified atom stereocenters. The summed E-state index contributed by atoms with van der Waals surface area (Å²) in [6.07, 6.45) is 2.19. The van der Waals surface area contributed by atoms with Crippen LogP contribution in [0, 0.1) is 0 Å². The molecule has 0 aliphatic heterocycles. The highest BCUT2D eigenvalue weighted by atomic mass is 79.9. The van der Waals surface area contributed by atoms with Gasteiger partial charge in [0.15, 0.2) is 0 Å². The van der Waals surface area contributed by atoms with E-state index in [4.69, 9.17) is 0 Å². The van der Waals surface area contributed by atoms with Crippen molar-refractivity contribution in [2.24, 2.45) is 0 Å². The van der Waals surface area contributed by atoms with Crippen LogP contribution in [0.15, 0.2) is 24.3 Å². The van der Waals surface area contributed by atoms with Gasteiger partial charge < -0.3 is 5.32 Å². The van der Waals surface area contributed by atoms with Crippen molar-refractivity contribution in [3.05, 3.63) is 35.4 Å². The molecule has 0 aromatic heterocycles. The fourth-order valence-electron chi connectivity index (χ4n) is 1.84. The summed E-state index contributed by atoms with van der Waals surface area (Å²) >= 11 is 3.56. The van der Waals surface area contributed by atoms with Gasteiger partial charge in [0.1, 0.15) is 0 Å². The summed E-state index contributed by atoms with van der Waals surface area (Å²) in [5.74, 6) is 0.000937. The van der Waals surface area contributed by atoms with Crippen LogP contribution >= 0.6 is 15.9 Å². The van der Waals surface area contributed by atoms with E-state index < -0.39 is 0 Å². The third kappa shape index (κ3) is 5.35. The molecule has 0 spiro atoms. The monoisotopic (exact) mass is 325 g/mol. The SMILES string of the molecule is CCCC(Br)CNC(=O)c1ccc(C(C)(C)C)cc1. The predicted octanol–water partition coefficient (Wildman–Crippen LogP) is 4.28. The lowest BCUT2D eigenvalue weighted by Crippen LogP contribution is -2.29. The molecule has 19 heavy (non-hydrogen) atoms. The molecule has 1 aromatic carbocycles. The molecule has 0 saturated carbocycles. The van der Waals surface area contributed by atoms with E-state index in [2.05, 4.69) is 48.9 Å². The van der Waals surface area contributed by atoms with Gasteiger partial charge in [-0.05, 0) is 29.5 Å². The van der Waals surface area contributed by atoms with Crippen molar-refractivity contribution in [3.8, 4) is 0 Å². The van der Waals surface area contributed by atoms with Crippen molar-refractivity contribution in [1.82, 2.24) is 5.32 Å². The maximum atomic E-state index is 12.0. The molecule has 0 fully saturated rings. The van der Waals surface area contributed by atoms with E-state index in [0.29, 0.717) is 11.4 Å². The molecular formula is C16H24BrNO. The zero-order chi connectivity index (χ0) is 14.5. The predicted molar refractivity (Wildman–Crippen MR) is 85.1 cm³/mol. The number of halogens is 1. The standard InChI is InChI=1S/C16H24BrNO/c1-5-6-14(17)11-18-15(19)12-7-9-13(10-8-12)16(2,3)4/h7-10,14H,5-6,11H2,1-4H3,(H,18,19). The van der Waals surface area contributed by atoms with E-state index in [1.54, 1.807) is 0 Å². The van der Waals surface area contributed by atoms with Gasteiger partial charge in [-0.25, -0.2) is 0 Å². The lowest BCUT2D eigenvalue weighted by atomic mass is 9.87. The van der Waals surface area contributed by atoms with Gasteiger partial charge in [-0.15, -0.1) is 0 Å². The van der Waals surface area contributed by atoms with E-state index in [9.17, 15) is 4.79 Å². The van der Waals surface area contributed by atoms with Crippen LogP contribution in [0.25, 0.3) is 0 Å². The third-order valence-electron chi connectivity index (χ3n) is 3.10. The highest BCUT2D eigenvalue weighted by Crippen LogP contribution is 2.22. The second kappa shape index (κ2) is 7.09. The molecule has 1 amide bonds. The zero-order valence-electron chi connectivity index (χ0n) is 12.3. The molecule has 2 nitrogen and oxygen atoms in total. The Morgan fingerprint density at radius 1 is 1.26 bits per heavy atom. The van der Waals surface area contributed by atoms with E-state index in [-0.39, 0.29) is 11.3 Å². The molecule has 0 radical (unpaired) electrons. The summed E-state index contributed by atoms with van der Waals surface area (Å²) in [6.45, 7) is 9.32. The lowest BCUT2D eigenvalue weighted by molar-refractivity contribution is 0.0953. The molecule has 1 atom stereocenters. The van der Waals surface area contributed by atoms with Gasteiger partial charge in [-0.1, -0.05) is 62.2 Å². The lowest BCUT2D eigenvalue weighted by Gasteiger charge is -2.19. The topological polar surface area (TPSA) is 29.1 Å². The minimum atomic E-state index is 0.000937. The molecule has 1 rings (SSSR count). The minimum absolute atomic E-state index is 0.000937. The maximum Gasteiger partial charge on any atom is 0.251 e. The number of carbonyl (C=O) groups excluding carboxylic acids is 1. The number of nitrogens with one attached hydrogen (secondary N) is 1. The summed E-state index contributed by atoms with van der Waals surface area (Å²) in [7, 11) is 0. The summed E-state index contributed by atoms with van der Waals surface area (Å²) < 4.78 is 0. The number of hydrogen-bond donors (Lipinski definition) is 1. The van der Waals surface area contributed by atoms with E-state index in [1.165, 1.54) is 5.56 Å². The minimum Gasteiger partial charge on any atom is -0.351 e. The van der Waals surface area contributed by atoms with Gasteiger partial charge in [-0.2, -0.15) is 0 Å². The van der Waals surface area contributed by atoms with Crippen LogP contribution in [0.2, 0.25) is 0 Å². The Morgan fingerprint density at radius 2 is 1.84 bits per heavy atom. The van der Waals surface area contributed by atoms with Crippen molar-refractivity contribution in [2.45, 2.75) is 50.8 Å². The van der Waals surface area contributed by atoms with Crippen LogP contribution in [0.3, 0.4) is 0 Å². The van der Waals surface area contributed by atoms with Gasteiger partial charge >= 0.3 is 0 Å². The van der Waals surface area contributed by atoms with Crippen LogP contribution in [-0.4, -0.2) is 17.3 Å². The van der Waals surface area contributed by atoms with Crippen molar-refractivity contribution < 1.29 is 4.79 Å². The van der Waals surface area contributed by atoms with Crippen LogP contribution in [0.5, 0.6) is 0 Å². The smallest absolute Gasteiger partial charge is 0.251 e. The fourth-order valence-corrected chi connectivity index (χ4v) is 2.46. The largest absolute Gasteiger partial charge is 0.351 e. The molecule has 0 bridgehead atoms. The normalized spacial score (nSPS) is 13.1. The Hall–Kier alpha value is -0.830. The van der Waals surface area contributed by atoms with E-state index >= 15 is 0 Å². The second-order valence-corrected chi connectivity index (χ2v) is 7.22. The molecule has 0 aliphatic carbocycles. The first-order chi connectivity index (χ1) is 8.84. The first kappa shape index (κ1) is 16.2. The molecule has 3 heteroatoms. The number of carbonyl (C=O) groups is 1. The van der Waals surface area contributed by atoms with Crippen LogP contribution in [0.1, 0.15) is 56.5 Å². The maximum absolute atomic E-state index is 12.0. The van der Waals surface area contributed by atoms with Crippen molar-refractivity contribution in [2.75, 3.05) is 6.54 Å². The van der Waals surface area contributed by atoms with Gasteiger partial charge in [-0.3, -0.25) is 4.79 Å². The number of benzene rings is 1. The number of hydrogen-bond acceptors (Lipinski definition) is 1.